The highest BCUT2D eigenvalue weighted by Gasteiger charge is 2.33. The molecule has 0 saturated heterocycles. The summed E-state index contributed by atoms with van der Waals surface area (Å²) >= 11 is 6.30. The van der Waals surface area contributed by atoms with E-state index in [9.17, 15) is 22.4 Å². The third-order valence-electron chi connectivity index (χ3n) is 5.44. The molecule has 8 nitrogen and oxygen atoms in total. The van der Waals surface area contributed by atoms with Gasteiger partial charge in [-0.05, 0) is 37.1 Å². The van der Waals surface area contributed by atoms with Gasteiger partial charge in [-0.1, -0.05) is 55.3 Å². The average Bonchev–Trinajstić information content (AvgIpc) is 2.82. The van der Waals surface area contributed by atoms with E-state index in [0.29, 0.717) is 21.4 Å². The van der Waals surface area contributed by atoms with E-state index in [1.807, 2.05) is 6.92 Å². The van der Waals surface area contributed by atoms with Gasteiger partial charge < -0.3 is 10.2 Å². The van der Waals surface area contributed by atoms with Crippen molar-refractivity contribution in [3.63, 3.8) is 0 Å². The summed E-state index contributed by atoms with van der Waals surface area (Å²) in [5, 5.41) is 3.19. The van der Waals surface area contributed by atoms with Crippen LogP contribution in [0.2, 0.25) is 5.02 Å². The molecule has 2 rings (SSSR count). The Bertz CT molecular complexity index is 1130. The summed E-state index contributed by atoms with van der Waals surface area (Å²) in [6, 6.07) is 11.2. The predicted octanol–water partition coefficient (Wildman–Crippen LogP) is 3.43. The molecule has 11 heteroatoms. The van der Waals surface area contributed by atoms with Crippen LogP contribution >= 0.6 is 11.6 Å². The van der Waals surface area contributed by atoms with E-state index in [1.54, 1.807) is 31.2 Å². The summed E-state index contributed by atoms with van der Waals surface area (Å²) in [5.41, 5.74) is 0.316. The lowest BCUT2D eigenvalue weighted by Gasteiger charge is -2.33. The van der Waals surface area contributed by atoms with Gasteiger partial charge in [0.25, 0.3) is 0 Å². The van der Waals surface area contributed by atoms with Crippen molar-refractivity contribution in [1.29, 1.82) is 0 Å². The Morgan fingerprint density at radius 1 is 1.09 bits per heavy atom. The van der Waals surface area contributed by atoms with Gasteiger partial charge in [0.05, 0.1) is 5.69 Å². The second-order valence-corrected chi connectivity index (χ2v) is 10.7. The number of para-hydroxylation sites is 1. The summed E-state index contributed by atoms with van der Waals surface area (Å²) in [5.74, 6) is -1.86. The van der Waals surface area contributed by atoms with Crippen LogP contribution in [0.1, 0.15) is 32.3 Å². The second-order valence-electron chi connectivity index (χ2n) is 8.18. The maximum Gasteiger partial charge on any atom is 0.304 e. The number of anilines is 1. The molecule has 0 spiro atoms. The molecule has 0 heterocycles. The second kappa shape index (κ2) is 12.9. The molecule has 2 aromatic carbocycles. The zero-order valence-electron chi connectivity index (χ0n) is 20.4. The molecule has 1 atom stereocenters. The van der Waals surface area contributed by atoms with E-state index in [2.05, 4.69) is 5.32 Å². The third-order valence-corrected chi connectivity index (χ3v) is 7.61. The Kier molecular flexibility index (Phi) is 10.5. The van der Waals surface area contributed by atoms with Gasteiger partial charge in [0.15, 0.2) is 0 Å². The maximum atomic E-state index is 14.6. The van der Waals surface area contributed by atoms with Gasteiger partial charge in [-0.15, -0.1) is 0 Å². The van der Waals surface area contributed by atoms with Crippen molar-refractivity contribution in [2.75, 3.05) is 31.5 Å². The number of carbonyl (C=O) groups excluding carboxylic acids is 2. The molecular formula is C24H32ClFN4O4S. The summed E-state index contributed by atoms with van der Waals surface area (Å²) in [6.45, 7) is 3.26. The molecule has 0 unspecified atom stereocenters. The maximum absolute atomic E-state index is 14.6. The van der Waals surface area contributed by atoms with Crippen molar-refractivity contribution in [3.8, 4) is 0 Å². The van der Waals surface area contributed by atoms with Gasteiger partial charge >= 0.3 is 10.2 Å². The van der Waals surface area contributed by atoms with Gasteiger partial charge in [0, 0.05) is 32.2 Å². The Morgan fingerprint density at radius 3 is 2.31 bits per heavy atom. The number of carbonyl (C=O) groups is 2. The smallest absolute Gasteiger partial charge is 0.304 e. The van der Waals surface area contributed by atoms with Gasteiger partial charge in [0.1, 0.15) is 18.4 Å². The molecule has 35 heavy (non-hydrogen) atoms. The van der Waals surface area contributed by atoms with Crippen molar-refractivity contribution in [3.05, 3.63) is 64.9 Å². The number of benzene rings is 2. The van der Waals surface area contributed by atoms with E-state index in [0.717, 1.165) is 23.2 Å². The highest BCUT2D eigenvalue weighted by atomic mass is 35.5. The first-order valence-electron chi connectivity index (χ1n) is 11.3. The Labute approximate surface area is 211 Å². The standard InChI is InChI=1S/C24H32ClFN4O4S/c1-5-6-15-27-24(32)18(2)29(16-19-11-7-8-12-20(19)25)23(31)17-30(35(33,34)28(3)4)22-14-10-9-13-21(22)26/h7-14,18H,5-6,15-17H2,1-4H3,(H,27,32)/t18-/m0/s1. The van der Waals surface area contributed by atoms with Crippen LogP contribution in [0.3, 0.4) is 0 Å². The Morgan fingerprint density at radius 2 is 1.71 bits per heavy atom. The fourth-order valence-electron chi connectivity index (χ4n) is 3.28. The number of halogens is 2. The normalized spacial score (nSPS) is 12.3. The summed E-state index contributed by atoms with van der Waals surface area (Å²) in [6.07, 6.45) is 1.66. The molecule has 0 aliphatic rings. The fraction of sp³-hybridized carbons (Fsp3) is 0.417. The van der Waals surface area contributed by atoms with E-state index in [4.69, 9.17) is 11.6 Å². The lowest BCUT2D eigenvalue weighted by Crippen LogP contribution is -2.52. The highest BCUT2D eigenvalue weighted by molar-refractivity contribution is 7.90. The van der Waals surface area contributed by atoms with Crippen LogP contribution in [0.4, 0.5) is 10.1 Å². The first-order valence-corrected chi connectivity index (χ1v) is 13.0. The van der Waals surface area contributed by atoms with Gasteiger partial charge in [-0.25, -0.2) is 8.70 Å². The molecular weight excluding hydrogens is 495 g/mol. The fourth-order valence-corrected chi connectivity index (χ4v) is 4.54. The van der Waals surface area contributed by atoms with Crippen molar-refractivity contribution in [2.24, 2.45) is 0 Å². The Balaban J connectivity index is 2.44. The number of amides is 2. The minimum Gasteiger partial charge on any atom is -0.354 e. The van der Waals surface area contributed by atoms with Crippen molar-refractivity contribution >= 4 is 39.3 Å². The first kappa shape index (κ1) is 28.5. The minimum atomic E-state index is -4.24. The predicted molar refractivity (Wildman–Crippen MR) is 136 cm³/mol. The average molecular weight is 527 g/mol. The van der Waals surface area contributed by atoms with Crippen LogP contribution in [-0.4, -0.2) is 62.7 Å². The van der Waals surface area contributed by atoms with Gasteiger partial charge in [-0.3, -0.25) is 9.59 Å². The summed E-state index contributed by atoms with van der Waals surface area (Å²) in [7, 11) is -1.65. The lowest BCUT2D eigenvalue weighted by atomic mass is 10.1. The number of rotatable bonds is 12. The van der Waals surface area contributed by atoms with Crippen LogP contribution in [-0.2, 0) is 26.3 Å². The van der Waals surface area contributed by atoms with E-state index >= 15 is 0 Å². The Hall–Kier alpha value is -2.69. The van der Waals surface area contributed by atoms with Crippen molar-refractivity contribution < 1.29 is 22.4 Å². The highest BCUT2D eigenvalue weighted by Crippen LogP contribution is 2.24. The quantitative estimate of drug-likeness (QED) is 0.429. The van der Waals surface area contributed by atoms with E-state index in [1.165, 1.54) is 37.2 Å². The zero-order chi connectivity index (χ0) is 26.2. The molecule has 2 aromatic rings. The van der Waals surface area contributed by atoms with Crippen LogP contribution in [0, 0.1) is 5.82 Å². The molecule has 0 aliphatic heterocycles. The molecule has 0 saturated carbocycles. The minimum absolute atomic E-state index is 0.0337. The number of hydrogen-bond donors (Lipinski definition) is 1. The number of hydrogen-bond acceptors (Lipinski definition) is 4. The van der Waals surface area contributed by atoms with Crippen LogP contribution in [0.5, 0.6) is 0 Å². The molecule has 0 radical (unpaired) electrons. The first-order chi connectivity index (χ1) is 16.5. The molecule has 2 amide bonds. The van der Waals surface area contributed by atoms with Crippen LogP contribution in [0.15, 0.2) is 48.5 Å². The van der Waals surface area contributed by atoms with Gasteiger partial charge in [-0.2, -0.15) is 12.7 Å². The molecule has 192 valence electrons. The number of nitrogens with zero attached hydrogens (tertiary/aromatic N) is 3. The molecule has 0 aliphatic carbocycles. The topological polar surface area (TPSA) is 90.0 Å². The molecule has 0 bridgehead atoms. The molecule has 0 fully saturated rings. The van der Waals surface area contributed by atoms with Crippen LogP contribution < -0.4 is 9.62 Å². The summed E-state index contributed by atoms with van der Waals surface area (Å²) in [4.78, 5) is 27.6. The number of nitrogens with one attached hydrogen (secondary N) is 1. The monoisotopic (exact) mass is 526 g/mol. The molecule has 0 aromatic heterocycles. The SMILES string of the molecule is CCCCNC(=O)[C@H](C)N(Cc1ccccc1Cl)C(=O)CN(c1ccccc1F)S(=O)(=O)N(C)C. The van der Waals surface area contributed by atoms with Gasteiger partial charge in [0.2, 0.25) is 11.8 Å². The largest absolute Gasteiger partial charge is 0.354 e. The third kappa shape index (κ3) is 7.39. The van der Waals surface area contributed by atoms with Crippen molar-refractivity contribution in [1.82, 2.24) is 14.5 Å². The van der Waals surface area contributed by atoms with E-state index < -0.39 is 34.5 Å². The molecule has 1 N–H and O–H groups in total. The zero-order valence-corrected chi connectivity index (χ0v) is 21.9. The van der Waals surface area contributed by atoms with Crippen molar-refractivity contribution in [2.45, 2.75) is 39.3 Å². The van der Waals surface area contributed by atoms with Crippen LogP contribution in [0.25, 0.3) is 0 Å². The summed E-state index contributed by atoms with van der Waals surface area (Å²) < 4.78 is 42.3. The van der Waals surface area contributed by atoms with E-state index in [-0.39, 0.29) is 18.1 Å². The number of unbranched alkanes of at least 4 members (excludes halogenated alkanes) is 1. The lowest BCUT2D eigenvalue weighted by molar-refractivity contribution is -0.139.